The Bertz CT molecular complexity index is 777. The standard InChI is InChI=1S/C15H14N4O2/c1-21-13-7-6-9(8-10(13)16)14(20)19-15-17-11-4-2-3-5-12(11)18-15/h2-8H,16H2,1H3,(H2,17,18,19,20). The average molecular weight is 282 g/mol. The molecule has 106 valence electrons. The number of nitrogens with zero attached hydrogens (tertiary/aromatic N) is 1. The number of carbonyl (C=O) groups is 1. The monoisotopic (exact) mass is 282 g/mol. The van der Waals surface area contributed by atoms with Crippen molar-refractivity contribution in [3.63, 3.8) is 0 Å². The molecule has 2 aromatic carbocycles. The maximum Gasteiger partial charge on any atom is 0.258 e. The molecule has 0 aliphatic carbocycles. The molecule has 0 atom stereocenters. The van der Waals surface area contributed by atoms with Crippen molar-refractivity contribution in [1.29, 1.82) is 0 Å². The summed E-state index contributed by atoms with van der Waals surface area (Å²) in [7, 11) is 1.53. The minimum absolute atomic E-state index is 0.289. The van der Waals surface area contributed by atoms with Gasteiger partial charge in [-0.05, 0) is 30.3 Å². The van der Waals surface area contributed by atoms with Gasteiger partial charge < -0.3 is 15.5 Å². The zero-order valence-corrected chi connectivity index (χ0v) is 11.4. The Labute approximate surface area is 120 Å². The van der Waals surface area contributed by atoms with Crippen molar-refractivity contribution in [3.8, 4) is 5.75 Å². The molecule has 0 saturated heterocycles. The zero-order chi connectivity index (χ0) is 14.8. The van der Waals surface area contributed by atoms with E-state index in [-0.39, 0.29) is 5.91 Å². The topological polar surface area (TPSA) is 93.0 Å². The fourth-order valence-electron chi connectivity index (χ4n) is 2.07. The first-order chi connectivity index (χ1) is 10.2. The third-order valence-electron chi connectivity index (χ3n) is 3.11. The summed E-state index contributed by atoms with van der Waals surface area (Å²) in [4.78, 5) is 19.5. The van der Waals surface area contributed by atoms with Crippen LogP contribution in [0.5, 0.6) is 5.75 Å². The van der Waals surface area contributed by atoms with E-state index >= 15 is 0 Å². The predicted octanol–water partition coefficient (Wildman–Crippen LogP) is 2.41. The number of aromatic nitrogens is 2. The first kappa shape index (κ1) is 13.0. The number of aromatic amines is 1. The maximum atomic E-state index is 12.2. The summed E-state index contributed by atoms with van der Waals surface area (Å²) in [5, 5.41) is 2.71. The van der Waals surface area contributed by atoms with E-state index in [0.29, 0.717) is 22.9 Å². The Morgan fingerprint density at radius 2 is 2.10 bits per heavy atom. The molecule has 3 aromatic rings. The number of methoxy groups -OCH3 is 1. The average Bonchev–Trinajstić information content (AvgIpc) is 2.89. The van der Waals surface area contributed by atoms with Gasteiger partial charge in [0.15, 0.2) is 0 Å². The van der Waals surface area contributed by atoms with E-state index in [4.69, 9.17) is 10.5 Å². The molecule has 0 aliphatic heterocycles. The molecule has 1 aromatic heterocycles. The van der Waals surface area contributed by atoms with Gasteiger partial charge in [-0.1, -0.05) is 12.1 Å². The second-order valence-electron chi connectivity index (χ2n) is 4.51. The van der Waals surface area contributed by atoms with Gasteiger partial charge >= 0.3 is 0 Å². The van der Waals surface area contributed by atoms with Gasteiger partial charge in [0.1, 0.15) is 5.75 Å². The Hall–Kier alpha value is -3.02. The Kier molecular flexibility index (Phi) is 3.19. The number of rotatable bonds is 3. The van der Waals surface area contributed by atoms with E-state index < -0.39 is 0 Å². The molecule has 4 N–H and O–H groups in total. The van der Waals surface area contributed by atoms with Gasteiger partial charge in [0.05, 0.1) is 23.8 Å². The number of benzene rings is 2. The fraction of sp³-hybridized carbons (Fsp3) is 0.0667. The molecule has 0 aliphatic rings. The van der Waals surface area contributed by atoms with Crippen molar-refractivity contribution in [2.75, 3.05) is 18.2 Å². The first-order valence-corrected chi connectivity index (χ1v) is 6.37. The molecule has 0 unspecified atom stereocenters. The van der Waals surface area contributed by atoms with Crippen molar-refractivity contribution in [1.82, 2.24) is 9.97 Å². The number of para-hydroxylation sites is 2. The van der Waals surface area contributed by atoms with Gasteiger partial charge in [-0.3, -0.25) is 10.1 Å². The minimum atomic E-state index is -0.289. The third-order valence-corrected chi connectivity index (χ3v) is 3.11. The molecule has 1 amide bonds. The molecule has 6 nitrogen and oxygen atoms in total. The number of fused-ring (bicyclic) bond motifs is 1. The van der Waals surface area contributed by atoms with E-state index in [2.05, 4.69) is 15.3 Å². The molecule has 3 rings (SSSR count). The lowest BCUT2D eigenvalue weighted by Crippen LogP contribution is -2.13. The lowest BCUT2D eigenvalue weighted by atomic mass is 10.2. The number of carbonyl (C=O) groups excluding carboxylic acids is 1. The quantitative estimate of drug-likeness (QED) is 0.643. The highest BCUT2D eigenvalue weighted by atomic mass is 16.5. The highest BCUT2D eigenvalue weighted by molar-refractivity contribution is 6.04. The molecule has 0 bridgehead atoms. The lowest BCUT2D eigenvalue weighted by molar-refractivity contribution is 0.102. The molecule has 1 heterocycles. The third kappa shape index (κ3) is 2.51. The lowest BCUT2D eigenvalue weighted by Gasteiger charge is -2.06. The van der Waals surface area contributed by atoms with Gasteiger partial charge in [0.25, 0.3) is 5.91 Å². The second-order valence-corrected chi connectivity index (χ2v) is 4.51. The Morgan fingerprint density at radius 3 is 2.81 bits per heavy atom. The van der Waals surface area contributed by atoms with Crippen LogP contribution in [-0.4, -0.2) is 23.0 Å². The van der Waals surface area contributed by atoms with E-state index in [9.17, 15) is 4.79 Å². The number of hydrogen-bond acceptors (Lipinski definition) is 4. The maximum absolute atomic E-state index is 12.2. The number of nitrogens with two attached hydrogens (primary N) is 1. The van der Waals surface area contributed by atoms with Crippen molar-refractivity contribution in [2.24, 2.45) is 0 Å². The molecule has 6 heteroatoms. The number of H-pyrrole nitrogens is 1. The highest BCUT2D eigenvalue weighted by Crippen LogP contribution is 2.22. The number of nitrogen functional groups attached to an aromatic ring is 1. The molecule has 0 saturated carbocycles. The Morgan fingerprint density at radius 1 is 1.29 bits per heavy atom. The molecular weight excluding hydrogens is 268 g/mol. The van der Waals surface area contributed by atoms with Crippen LogP contribution in [-0.2, 0) is 0 Å². The zero-order valence-electron chi connectivity index (χ0n) is 11.4. The smallest absolute Gasteiger partial charge is 0.258 e. The number of ether oxygens (including phenoxy) is 1. The highest BCUT2D eigenvalue weighted by Gasteiger charge is 2.11. The van der Waals surface area contributed by atoms with E-state index in [0.717, 1.165) is 11.0 Å². The minimum Gasteiger partial charge on any atom is -0.495 e. The Balaban J connectivity index is 1.84. The van der Waals surface area contributed by atoms with Gasteiger partial charge in [0, 0.05) is 5.56 Å². The van der Waals surface area contributed by atoms with Gasteiger partial charge in [-0.25, -0.2) is 4.98 Å². The summed E-state index contributed by atoms with van der Waals surface area (Å²) in [6, 6.07) is 12.4. The summed E-state index contributed by atoms with van der Waals surface area (Å²) in [5.74, 6) is 0.647. The van der Waals surface area contributed by atoms with Crippen LogP contribution in [0.1, 0.15) is 10.4 Å². The predicted molar refractivity (Wildman–Crippen MR) is 81.5 cm³/mol. The van der Waals surface area contributed by atoms with Crippen LogP contribution in [0.4, 0.5) is 11.6 Å². The van der Waals surface area contributed by atoms with Gasteiger partial charge in [0.2, 0.25) is 5.95 Å². The van der Waals surface area contributed by atoms with Gasteiger partial charge in [-0.15, -0.1) is 0 Å². The molecule has 0 spiro atoms. The van der Waals surface area contributed by atoms with Crippen LogP contribution in [0.15, 0.2) is 42.5 Å². The van der Waals surface area contributed by atoms with Crippen molar-refractivity contribution >= 4 is 28.6 Å². The summed E-state index contributed by atoms with van der Waals surface area (Å²) in [6.45, 7) is 0. The van der Waals surface area contributed by atoms with Crippen LogP contribution >= 0.6 is 0 Å². The number of amides is 1. The van der Waals surface area contributed by atoms with E-state index in [1.54, 1.807) is 18.2 Å². The molecule has 21 heavy (non-hydrogen) atoms. The van der Waals surface area contributed by atoms with Crippen molar-refractivity contribution < 1.29 is 9.53 Å². The van der Waals surface area contributed by atoms with Crippen LogP contribution in [0, 0.1) is 0 Å². The van der Waals surface area contributed by atoms with Crippen molar-refractivity contribution in [2.45, 2.75) is 0 Å². The number of hydrogen-bond donors (Lipinski definition) is 3. The SMILES string of the molecule is COc1ccc(C(=O)Nc2nc3ccccc3[nH]2)cc1N. The number of anilines is 2. The summed E-state index contributed by atoms with van der Waals surface area (Å²) < 4.78 is 5.06. The number of imidazole rings is 1. The van der Waals surface area contributed by atoms with Crippen LogP contribution in [0.25, 0.3) is 11.0 Å². The first-order valence-electron chi connectivity index (χ1n) is 6.37. The van der Waals surface area contributed by atoms with E-state index in [1.165, 1.54) is 7.11 Å². The number of nitrogens with one attached hydrogen (secondary N) is 2. The summed E-state index contributed by atoms with van der Waals surface area (Å²) in [5.41, 5.74) is 8.30. The van der Waals surface area contributed by atoms with E-state index in [1.807, 2.05) is 24.3 Å². The van der Waals surface area contributed by atoms with Gasteiger partial charge in [-0.2, -0.15) is 0 Å². The van der Waals surface area contributed by atoms with Crippen LogP contribution in [0.3, 0.4) is 0 Å². The van der Waals surface area contributed by atoms with Crippen molar-refractivity contribution in [3.05, 3.63) is 48.0 Å². The van der Waals surface area contributed by atoms with Crippen LogP contribution < -0.4 is 15.8 Å². The molecule has 0 radical (unpaired) electrons. The normalized spacial score (nSPS) is 10.5. The fourth-order valence-corrected chi connectivity index (χ4v) is 2.07. The largest absolute Gasteiger partial charge is 0.495 e. The summed E-state index contributed by atoms with van der Waals surface area (Å²) in [6.07, 6.45) is 0. The van der Waals surface area contributed by atoms with Crippen LogP contribution in [0.2, 0.25) is 0 Å². The molecule has 0 fully saturated rings. The summed E-state index contributed by atoms with van der Waals surface area (Å²) >= 11 is 0. The molecular formula is C15H14N4O2. The second kappa shape index (κ2) is 5.16.